The van der Waals surface area contributed by atoms with E-state index in [0.29, 0.717) is 5.02 Å². The maximum atomic E-state index is 11.3. The average molecular weight is 288 g/mol. The largest absolute Gasteiger partial charge is 0.443 e. The predicted octanol–water partition coefficient (Wildman–Crippen LogP) is 2.75. The molecule has 1 aromatic carbocycles. The molecule has 0 saturated carbocycles. The van der Waals surface area contributed by atoms with Crippen molar-refractivity contribution in [2.45, 2.75) is 19.1 Å². The number of hydrogen-bond donors (Lipinski definition) is 1. The van der Waals surface area contributed by atoms with E-state index in [1.165, 1.54) is 14.2 Å². The molecule has 0 heterocycles. The molecule has 0 aliphatic carbocycles. The lowest BCUT2D eigenvalue weighted by Crippen LogP contribution is -2.30. The Hall–Kier alpha value is -1.30. The number of carbonyl (C=O) groups excluding carboxylic acids is 1. The van der Waals surface area contributed by atoms with Crippen LogP contribution in [0.25, 0.3) is 0 Å². The van der Waals surface area contributed by atoms with E-state index < -0.39 is 18.3 Å². The highest BCUT2D eigenvalue weighted by Gasteiger charge is 2.25. The number of benzene rings is 1. The molecule has 0 aromatic heterocycles. The lowest BCUT2D eigenvalue weighted by atomic mass is 10.1. The normalized spacial score (nSPS) is 13.7. The van der Waals surface area contributed by atoms with Crippen molar-refractivity contribution in [1.82, 2.24) is 5.32 Å². The molecule has 6 heteroatoms. The Labute approximate surface area is 117 Å². The highest BCUT2D eigenvalue weighted by atomic mass is 35.5. The molecule has 0 aliphatic heterocycles. The molecule has 1 aromatic rings. The summed E-state index contributed by atoms with van der Waals surface area (Å²) in [7, 11) is 3.02. The maximum Gasteiger partial charge on any atom is 0.407 e. The van der Waals surface area contributed by atoms with E-state index in [-0.39, 0.29) is 6.79 Å². The number of alkyl carbamates (subject to hydrolysis) is 1. The van der Waals surface area contributed by atoms with E-state index in [4.69, 9.17) is 25.8 Å². The standard InChI is InChI=1S/C13H18ClNO4/c1-9(19-13(16)15-2)12(18-8-17-3)10-6-4-5-7-11(10)14/h4-7,9,12H,8H2,1-3H3,(H,15,16). The lowest BCUT2D eigenvalue weighted by Gasteiger charge is -2.25. The van der Waals surface area contributed by atoms with E-state index in [0.717, 1.165) is 5.56 Å². The molecule has 106 valence electrons. The number of carbonyl (C=O) groups is 1. The second kappa shape index (κ2) is 7.99. The average Bonchev–Trinajstić information content (AvgIpc) is 2.40. The summed E-state index contributed by atoms with van der Waals surface area (Å²) in [5, 5.41) is 2.94. The number of nitrogens with one attached hydrogen (secondary N) is 1. The first-order chi connectivity index (χ1) is 9.10. The number of amides is 1. The first-order valence-electron chi connectivity index (χ1n) is 5.83. The third-order valence-electron chi connectivity index (χ3n) is 2.50. The Morgan fingerprint density at radius 3 is 2.68 bits per heavy atom. The molecule has 2 atom stereocenters. The van der Waals surface area contributed by atoms with E-state index in [1.807, 2.05) is 18.2 Å². The number of rotatable bonds is 6. The molecule has 0 radical (unpaired) electrons. The molecule has 1 rings (SSSR count). The number of halogens is 1. The second-order valence-electron chi connectivity index (χ2n) is 3.88. The fraction of sp³-hybridized carbons (Fsp3) is 0.462. The summed E-state index contributed by atoms with van der Waals surface area (Å²) in [6.45, 7) is 1.82. The van der Waals surface area contributed by atoms with Gasteiger partial charge in [0.1, 0.15) is 19.0 Å². The molecule has 1 N–H and O–H groups in total. The van der Waals surface area contributed by atoms with Crippen LogP contribution < -0.4 is 5.32 Å². The molecule has 0 spiro atoms. The van der Waals surface area contributed by atoms with Crippen LogP contribution in [0.4, 0.5) is 4.79 Å². The summed E-state index contributed by atoms with van der Waals surface area (Å²) in [6, 6.07) is 7.25. The van der Waals surface area contributed by atoms with E-state index in [2.05, 4.69) is 5.32 Å². The van der Waals surface area contributed by atoms with E-state index in [9.17, 15) is 4.79 Å². The van der Waals surface area contributed by atoms with Gasteiger partial charge in [0.15, 0.2) is 0 Å². The van der Waals surface area contributed by atoms with Gasteiger partial charge in [-0.2, -0.15) is 0 Å². The van der Waals surface area contributed by atoms with Gasteiger partial charge in [-0.3, -0.25) is 0 Å². The SMILES string of the molecule is CNC(=O)OC(C)C(OCOC)c1ccccc1Cl. The Bertz CT molecular complexity index is 413. The summed E-state index contributed by atoms with van der Waals surface area (Å²) >= 11 is 6.14. The van der Waals surface area contributed by atoms with Crippen molar-refractivity contribution < 1.29 is 19.0 Å². The third kappa shape index (κ3) is 4.70. The van der Waals surface area contributed by atoms with Gasteiger partial charge in [-0.05, 0) is 13.0 Å². The topological polar surface area (TPSA) is 56.8 Å². The van der Waals surface area contributed by atoms with Gasteiger partial charge in [0.25, 0.3) is 0 Å². The van der Waals surface area contributed by atoms with Crippen molar-refractivity contribution in [3.8, 4) is 0 Å². The third-order valence-corrected chi connectivity index (χ3v) is 2.84. The van der Waals surface area contributed by atoms with Gasteiger partial charge in [0.05, 0.1) is 0 Å². The van der Waals surface area contributed by atoms with Gasteiger partial charge in [0, 0.05) is 24.7 Å². The van der Waals surface area contributed by atoms with Crippen LogP contribution in [0.15, 0.2) is 24.3 Å². The van der Waals surface area contributed by atoms with Crippen molar-refractivity contribution in [3.63, 3.8) is 0 Å². The van der Waals surface area contributed by atoms with Gasteiger partial charge >= 0.3 is 6.09 Å². The maximum absolute atomic E-state index is 11.3. The van der Waals surface area contributed by atoms with Crippen molar-refractivity contribution >= 4 is 17.7 Å². The first kappa shape index (κ1) is 15.8. The zero-order chi connectivity index (χ0) is 14.3. The second-order valence-corrected chi connectivity index (χ2v) is 4.28. The van der Waals surface area contributed by atoms with Crippen LogP contribution in [0.5, 0.6) is 0 Å². The minimum atomic E-state index is -0.523. The van der Waals surface area contributed by atoms with Crippen molar-refractivity contribution in [2.75, 3.05) is 21.0 Å². The molecule has 1 amide bonds. The van der Waals surface area contributed by atoms with Gasteiger partial charge < -0.3 is 19.5 Å². The molecular formula is C13H18ClNO4. The molecule has 0 saturated heterocycles. The summed E-state index contributed by atoms with van der Waals surface area (Å²) < 4.78 is 15.6. The minimum Gasteiger partial charge on any atom is -0.443 e. The van der Waals surface area contributed by atoms with Crippen molar-refractivity contribution in [2.24, 2.45) is 0 Å². The van der Waals surface area contributed by atoms with Gasteiger partial charge in [-0.1, -0.05) is 29.8 Å². The Morgan fingerprint density at radius 1 is 1.42 bits per heavy atom. The zero-order valence-electron chi connectivity index (χ0n) is 11.2. The van der Waals surface area contributed by atoms with Gasteiger partial charge in [0.2, 0.25) is 0 Å². The smallest absolute Gasteiger partial charge is 0.407 e. The Morgan fingerprint density at radius 2 is 2.11 bits per heavy atom. The van der Waals surface area contributed by atoms with Crippen LogP contribution in [0.3, 0.4) is 0 Å². The Balaban J connectivity index is 2.88. The van der Waals surface area contributed by atoms with Crippen LogP contribution in [-0.4, -0.2) is 33.1 Å². The summed E-state index contributed by atoms with van der Waals surface area (Å²) in [4.78, 5) is 11.3. The van der Waals surface area contributed by atoms with Crippen molar-refractivity contribution in [3.05, 3.63) is 34.9 Å². The van der Waals surface area contributed by atoms with Crippen LogP contribution in [0, 0.1) is 0 Å². The summed E-state index contributed by atoms with van der Waals surface area (Å²) in [6.07, 6.45) is -1.52. The highest BCUT2D eigenvalue weighted by molar-refractivity contribution is 6.31. The van der Waals surface area contributed by atoms with E-state index in [1.54, 1.807) is 13.0 Å². The van der Waals surface area contributed by atoms with Crippen molar-refractivity contribution in [1.29, 1.82) is 0 Å². The predicted molar refractivity (Wildman–Crippen MR) is 72.2 cm³/mol. The Kier molecular flexibility index (Phi) is 6.62. The first-order valence-corrected chi connectivity index (χ1v) is 6.21. The van der Waals surface area contributed by atoms with Crippen LogP contribution in [-0.2, 0) is 14.2 Å². The lowest BCUT2D eigenvalue weighted by molar-refractivity contribution is -0.111. The molecule has 0 aliphatic rings. The summed E-state index contributed by atoms with van der Waals surface area (Å²) in [5.74, 6) is 0. The van der Waals surface area contributed by atoms with Crippen LogP contribution >= 0.6 is 11.6 Å². The van der Waals surface area contributed by atoms with Crippen LogP contribution in [0.1, 0.15) is 18.6 Å². The molecule has 19 heavy (non-hydrogen) atoms. The quantitative estimate of drug-likeness (QED) is 0.818. The van der Waals surface area contributed by atoms with Crippen LogP contribution in [0.2, 0.25) is 5.02 Å². The fourth-order valence-corrected chi connectivity index (χ4v) is 1.86. The minimum absolute atomic E-state index is 0.0807. The molecular weight excluding hydrogens is 270 g/mol. The molecule has 5 nitrogen and oxygen atoms in total. The van der Waals surface area contributed by atoms with Gasteiger partial charge in [-0.25, -0.2) is 4.79 Å². The van der Waals surface area contributed by atoms with E-state index >= 15 is 0 Å². The number of ether oxygens (including phenoxy) is 3. The van der Waals surface area contributed by atoms with Gasteiger partial charge in [-0.15, -0.1) is 0 Å². The highest BCUT2D eigenvalue weighted by Crippen LogP contribution is 2.29. The number of hydrogen-bond acceptors (Lipinski definition) is 4. The zero-order valence-corrected chi connectivity index (χ0v) is 11.9. The number of methoxy groups -OCH3 is 1. The molecule has 0 bridgehead atoms. The molecule has 2 unspecified atom stereocenters. The molecule has 0 fully saturated rings. The fourth-order valence-electron chi connectivity index (χ4n) is 1.61. The summed E-state index contributed by atoms with van der Waals surface area (Å²) in [5.41, 5.74) is 0.748. The monoisotopic (exact) mass is 287 g/mol.